The van der Waals surface area contributed by atoms with Crippen LogP contribution in [0, 0.1) is 6.92 Å². The largest absolute Gasteiger partial charge is 0.342 e. The Morgan fingerprint density at radius 3 is 2.45 bits per heavy atom. The van der Waals surface area contributed by atoms with Crippen molar-refractivity contribution in [2.75, 3.05) is 18.8 Å². The Labute approximate surface area is 185 Å². The zero-order valence-corrected chi connectivity index (χ0v) is 18.7. The molecule has 1 aliphatic heterocycles. The van der Waals surface area contributed by atoms with Crippen LogP contribution in [0.2, 0.25) is 0 Å². The summed E-state index contributed by atoms with van der Waals surface area (Å²) < 4.78 is 4.82. The van der Waals surface area contributed by atoms with E-state index in [1.54, 1.807) is 9.36 Å². The number of hydrogen-bond donors (Lipinski definition) is 0. The molecule has 1 fully saturated rings. The van der Waals surface area contributed by atoms with Gasteiger partial charge in [0, 0.05) is 20.1 Å². The number of rotatable bonds is 5. The topological polar surface area (TPSA) is 90.8 Å². The van der Waals surface area contributed by atoms with E-state index in [-0.39, 0.29) is 17.2 Å². The number of thioether (sulfide) groups is 1. The van der Waals surface area contributed by atoms with E-state index >= 15 is 0 Å². The minimum Gasteiger partial charge on any atom is -0.342 e. The maximum absolute atomic E-state index is 13.3. The summed E-state index contributed by atoms with van der Waals surface area (Å²) in [6, 6.07) is 9.44. The van der Waals surface area contributed by atoms with Crippen LogP contribution in [0.5, 0.6) is 0 Å². The van der Waals surface area contributed by atoms with Crippen molar-refractivity contribution in [3.05, 3.63) is 46.4 Å². The first-order chi connectivity index (χ1) is 15.1. The summed E-state index contributed by atoms with van der Waals surface area (Å²) in [5, 5.41) is 12.3. The van der Waals surface area contributed by atoms with Crippen LogP contribution in [0.3, 0.4) is 0 Å². The highest BCUT2D eigenvalue weighted by Crippen LogP contribution is 2.21. The van der Waals surface area contributed by atoms with Gasteiger partial charge in [0.2, 0.25) is 11.1 Å². The lowest BCUT2D eigenvalue weighted by Crippen LogP contribution is -2.35. The lowest BCUT2D eigenvalue weighted by Gasteiger charge is -2.24. The standard InChI is InChI=1S/C21H27N7O2S/c1-16-19(20(30)28(25(16)2)17-11-7-6-8-12-17)27-21(22-23-24-27)31-15-18(29)26-13-9-4-3-5-10-14-26/h6-8,11-12H,3-5,9-10,13-15H2,1-2H3. The number of amides is 1. The first kappa shape index (κ1) is 21.4. The molecule has 0 aliphatic carbocycles. The van der Waals surface area contributed by atoms with E-state index in [0.717, 1.165) is 37.3 Å². The third-order valence-electron chi connectivity index (χ3n) is 5.71. The van der Waals surface area contributed by atoms with Crippen molar-refractivity contribution in [3.8, 4) is 11.4 Å². The van der Waals surface area contributed by atoms with Crippen molar-refractivity contribution in [1.82, 2.24) is 34.5 Å². The van der Waals surface area contributed by atoms with E-state index in [0.29, 0.717) is 10.8 Å². The van der Waals surface area contributed by atoms with Crippen LogP contribution in [0.15, 0.2) is 40.3 Å². The second kappa shape index (κ2) is 9.51. The van der Waals surface area contributed by atoms with E-state index in [2.05, 4.69) is 15.5 Å². The van der Waals surface area contributed by atoms with Gasteiger partial charge in [0.05, 0.1) is 17.1 Å². The molecule has 1 aliphatic rings. The van der Waals surface area contributed by atoms with Gasteiger partial charge in [0.25, 0.3) is 5.56 Å². The van der Waals surface area contributed by atoms with Crippen molar-refractivity contribution in [2.24, 2.45) is 7.05 Å². The summed E-state index contributed by atoms with van der Waals surface area (Å²) in [4.78, 5) is 27.9. The number of benzene rings is 1. The SMILES string of the molecule is Cc1c(-n2nnnc2SCC(=O)N2CCCCCCC2)c(=O)n(-c2ccccc2)n1C. The highest BCUT2D eigenvalue weighted by atomic mass is 32.2. The van der Waals surface area contributed by atoms with Crippen molar-refractivity contribution in [1.29, 1.82) is 0 Å². The molecule has 0 unspecified atom stereocenters. The molecule has 1 aromatic carbocycles. The van der Waals surface area contributed by atoms with E-state index in [1.807, 2.05) is 49.2 Å². The Morgan fingerprint density at radius 1 is 1.06 bits per heavy atom. The zero-order valence-electron chi connectivity index (χ0n) is 17.9. The predicted octanol–water partition coefficient (Wildman–Crippen LogP) is 2.34. The Balaban J connectivity index is 1.56. The van der Waals surface area contributed by atoms with Gasteiger partial charge in [-0.3, -0.25) is 14.3 Å². The molecule has 1 amide bonds. The number of carbonyl (C=O) groups excluding carboxylic acids is 1. The zero-order chi connectivity index (χ0) is 21.8. The second-order valence-corrected chi connectivity index (χ2v) is 8.66. The summed E-state index contributed by atoms with van der Waals surface area (Å²) in [5.41, 5.74) is 1.67. The summed E-state index contributed by atoms with van der Waals surface area (Å²) in [5.74, 6) is 0.340. The molecule has 0 radical (unpaired) electrons. The van der Waals surface area contributed by atoms with Gasteiger partial charge >= 0.3 is 0 Å². The highest BCUT2D eigenvalue weighted by Gasteiger charge is 2.23. The Kier molecular flexibility index (Phi) is 6.55. The fourth-order valence-electron chi connectivity index (χ4n) is 3.92. The van der Waals surface area contributed by atoms with Gasteiger partial charge in [0.15, 0.2) is 5.69 Å². The Bertz CT molecular complexity index is 1090. The molecule has 0 atom stereocenters. The summed E-state index contributed by atoms with van der Waals surface area (Å²) >= 11 is 1.27. The minimum absolute atomic E-state index is 0.0907. The average Bonchev–Trinajstić information content (AvgIpc) is 3.28. The molecule has 0 saturated carbocycles. The number of nitrogens with zero attached hydrogens (tertiary/aromatic N) is 7. The van der Waals surface area contributed by atoms with Gasteiger partial charge < -0.3 is 4.90 Å². The van der Waals surface area contributed by atoms with Gasteiger partial charge in [-0.25, -0.2) is 4.68 Å². The van der Waals surface area contributed by atoms with E-state index < -0.39 is 0 Å². The molecule has 1 saturated heterocycles. The Morgan fingerprint density at radius 2 is 1.74 bits per heavy atom. The molecule has 31 heavy (non-hydrogen) atoms. The molecule has 9 nitrogen and oxygen atoms in total. The summed E-state index contributed by atoms with van der Waals surface area (Å²) in [6.45, 7) is 3.48. The van der Waals surface area contributed by atoms with Crippen LogP contribution < -0.4 is 5.56 Å². The smallest absolute Gasteiger partial charge is 0.297 e. The number of para-hydroxylation sites is 1. The van der Waals surface area contributed by atoms with Gasteiger partial charge in [-0.15, -0.1) is 5.10 Å². The fourth-order valence-corrected chi connectivity index (χ4v) is 4.70. The van der Waals surface area contributed by atoms with Crippen LogP contribution in [0.25, 0.3) is 11.4 Å². The molecule has 10 heteroatoms. The average molecular weight is 442 g/mol. The lowest BCUT2D eigenvalue weighted by molar-refractivity contribution is -0.128. The molecular formula is C21H27N7O2S. The number of tetrazole rings is 1. The van der Waals surface area contributed by atoms with Gasteiger partial charge in [-0.05, 0) is 42.3 Å². The highest BCUT2D eigenvalue weighted by molar-refractivity contribution is 7.99. The van der Waals surface area contributed by atoms with E-state index in [4.69, 9.17) is 0 Å². The van der Waals surface area contributed by atoms with Crippen molar-refractivity contribution >= 4 is 17.7 Å². The fraction of sp³-hybridized carbons (Fsp3) is 0.476. The van der Waals surface area contributed by atoms with Crippen LogP contribution in [0.1, 0.15) is 37.8 Å². The molecule has 0 bridgehead atoms. The van der Waals surface area contributed by atoms with Crippen LogP contribution >= 0.6 is 11.8 Å². The second-order valence-electron chi connectivity index (χ2n) is 7.72. The van der Waals surface area contributed by atoms with E-state index in [1.165, 1.54) is 35.7 Å². The quantitative estimate of drug-likeness (QED) is 0.565. The summed E-state index contributed by atoms with van der Waals surface area (Å²) in [6.07, 6.45) is 5.71. The van der Waals surface area contributed by atoms with Crippen molar-refractivity contribution < 1.29 is 4.79 Å². The Hall–Kier alpha value is -2.88. The molecular weight excluding hydrogens is 414 g/mol. The maximum atomic E-state index is 13.3. The number of hydrogen-bond acceptors (Lipinski definition) is 6. The maximum Gasteiger partial charge on any atom is 0.297 e. The van der Waals surface area contributed by atoms with Gasteiger partial charge in [-0.1, -0.05) is 49.2 Å². The number of aromatic nitrogens is 6. The minimum atomic E-state index is -0.213. The van der Waals surface area contributed by atoms with Crippen LogP contribution in [-0.4, -0.2) is 59.2 Å². The van der Waals surface area contributed by atoms with Crippen molar-refractivity contribution in [3.63, 3.8) is 0 Å². The summed E-state index contributed by atoms with van der Waals surface area (Å²) in [7, 11) is 1.83. The first-order valence-electron chi connectivity index (χ1n) is 10.6. The molecule has 2 aromatic heterocycles. The third-order valence-corrected chi connectivity index (χ3v) is 6.61. The number of likely N-dealkylation sites (tertiary alicyclic amines) is 1. The van der Waals surface area contributed by atoms with Crippen LogP contribution in [0.4, 0.5) is 0 Å². The van der Waals surface area contributed by atoms with E-state index in [9.17, 15) is 9.59 Å². The normalized spacial score (nSPS) is 15.0. The molecule has 4 rings (SSSR count). The molecule has 3 heterocycles. The van der Waals surface area contributed by atoms with Gasteiger partial charge in [0.1, 0.15) is 0 Å². The molecule has 3 aromatic rings. The molecule has 164 valence electrons. The molecule has 0 spiro atoms. The van der Waals surface area contributed by atoms with Crippen LogP contribution in [-0.2, 0) is 11.8 Å². The van der Waals surface area contributed by atoms with Crippen molar-refractivity contribution in [2.45, 2.75) is 44.2 Å². The first-order valence-corrected chi connectivity index (χ1v) is 11.6. The number of carbonyl (C=O) groups is 1. The predicted molar refractivity (Wildman–Crippen MR) is 119 cm³/mol. The molecule has 0 N–H and O–H groups in total. The monoisotopic (exact) mass is 441 g/mol. The van der Waals surface area contributed by atoms with Gasteiger partial charge in [-0.2, -0.15) is 4.68 Å². The lowest BCUT2D eigenvalue weighted by atomic mass is 10.1. The third kappa shape index (κ3) is 4.43.